The molecule has 2 rings (SSSR count). The van der Waals surface area contributed by atoms with E-state index < -0.39 is 0 Å². The summed E-state index contributed by atoms with van der Waals surface area (Å²) >= 11 is 0. The van der Waals surface area contributed by atoms with Crippen LogP contribution in [0.3, 0.4) is 0 Å². The number of nitrogens with one attached hydrogen (secondary N) is 2. The summed E-state index contributed by atoms with van der Waals surface area (Å²) in [6.07, 6.45) is 0.568. The summed E-state index contributed by atoms with van der Waals surface area (Å²) in [7, 11) is 0. The molecule has 0 aliphatic heterocycles. The van der Waals surface area contributed by atoms with Crippen molar-refractivity contribution >= 4 is 22.7 Å². The van der Waals surface area contributed by atoms with Crippen LogP contribution < -0.4 is 5.32 Å². The molecule has 0 aliphatic rings. The number of amides is 1. The lowest BCUT2D eigenvalue weighted by atomic mass is 10.3. The molecule has 0 spiro atoms. The Bertz CT molecular complexity index is 541. The molecule has 5 nitrogen and oxygen atoms in total. The molecule has 1 aromatic carbocycles. The molecule has 1 aromatic heterocycles. The number of aromatic amines is 1. The second kappa shape index (κ2) is 5.44. The molecule has 0 bridgehead atoms. The fourth-order valence-electron chi connectivity index (χ4n) is 1.73. The number of ketones is 1. The number of H-pyrrole nitrogens is 1. The Morgan fingerprint density at radius 3 is 2.83 bits per heavy atom. The van der Waals surface area contributed by atoms with Crippen LogP contribution in [-0.2, 0) is 16.0 Å². The minimum absolute atomic E-state index is 0.0554. The third kappa shape index (κ3) is 3.16. The van der Waals surface area contributed by atoms with E-state index in [1.807, 2.05) is 24.3 Å². The van der Waals surface area contributed by atoms with Gasteiger partial charge >= 0.3 is 0 Å². The molecule has 2 aromatic rings. The summed E-state index contributed by atoms with van der Waals surface area (Å²) in [4.78, 5) is 29.6. The minimum Gasteiger partial charge on any atom is -0.355 e. The van der Waals surface area contributed by atoms with Crippen molar-refractivity contribution in [3.05, 3.63) is 30.1 Å². The number of nitrogens with zero attached hydrogens (tertiary/aromatic N) is 1. The third-order valence-electron chi connectivity index (χ3n) is 2.53. The maximum absolute atomic E-state index is 11.3. The molecular weight excluding hydrogens is 230 g/mol. The standard InChI is InChI=1S/C13H15N3O2/c1-9(17)8-13(18)14-7-6-12-15-10-4-2-3-5-11(10)16-12/h2-5H,6-8H2,1H3,(H,14,18)(H,15,16). The fourth-order valence-corrected chi connectivity index (χ4v) is 1.73. The molecule has 5 heteroatoms. The molecule has 0 saturated carbocycles. The lowest BCUT2D eigenvalue weighted by Gasteiger charge is -2.01. The molecule has 0 atom stereocenters. The monoisotopic (exact) mass is 245 g/mol. The van der Waals surface area contributed by atoms with Crippen molar-refractivity contribution in [1.29, 1.82) is 0 Å². The van der Waals surface area contributed by atoms with Crippen LogP contribution in [0.4, 0.5) is 0 Å². The zero-order valence-electron chi connectivity index (χ0n) is 10.2. The summed E-state index contributed by atoms with van der Waals surface area (Å²) in [5, 5.41) is 2.69. The highest BCUT2D eigenvalue weighted by Gasteiger charge is 2.05. The van der Waals surface area contributed by atoms with Gasteiger partial charge in [-0.15, -0.1) is 0 Å². The number of rotatable bonds is 5. The molecule has 0 saturated heterocycles. The highest BCUT2D eigenvalue weighted by molar-refractivity contribution is 5.96. The molecule has 0 fully saturated rings. The van der Waals surface area contributed by atoms with Crippen molar-refractivity contribution in [1.82, 2.24) is 15.3 Å². The van der Waals surface area contributed by atoms with Crippen LogP contribution in [-0.4, -0.2) is 28.2 Å². The number of carbonyl (C=O) groups excluding carboxylic acids is 2. The van der Waals surface area contributed by atoms with Gasteiger partial charge in [-0.25, -0.2) is 4.98 Å². The van der Waals surface area contributed by atoms with Gasteiger partial charge in [0, 0.05) is 13.0 Å². The number of aromatic nitrogens is 2. The molecule has 1 heterocycles. The van der Waals surface area contributed by atoms with Gasteiger partial charge in [-0.1, -0.05) is 12.1 Å². The van der Waals surface area contributed by atoms with Gasteiger partial charge in [0.25, 0.3) is 0 Å². The first-order valence-corrected chi connectivity index (χ1v) is 5.85. The quantitative estimate of drug-likeness (QED) is 0.777. The number of hydrogen-bond acceptors (Lipinski definition) is 3. The third-order valence-corrected chi connectivity index (χ3v) is 2.53. The van der Waals surface area contributed by atoms with E-state index in [0.717, 1.165) is 16.9 Å². The van der Waals surface area contributed by atoms with Gasteiger partial charge in [0.05, 0.1) is 17.5 Å². The zero-order chi connectivity index (χ0) is 13.0. The molecule has 0 radical (unpaired) electrons. The van der Waals surface area contributed by atoms with E-state index in [-0.39, 0.29) is 18.1 Å². The first-order chi connectivity index (χ1) is 8.65. The number of fused-ring (bicyclic) bond motifs is 1. The largest absolute Gasteiger partial charge is 0.355 e. The van der Waals surface area contributed by atoms with Crippen molar-refractivity contribution in [2.24, 2.45) is 0 Å². The van der Waals surface area contributed by atoms with Crippen LogP contribution >= 0.6 is 0 Å². The number of hydrogen-bond donors (Lipinski definition) is 2. The van der Waals surface area contributed by atoms with E-state index in [2.05, 4.69) is 15.3 Å². The van der Waals surface area contributed by atoms with Crippen molar-refractivity contribution in [3.8, 4) is 0 Å². The Kier molecular flexibility index (Phi) is 3.72. The summed E-state index contributed by atoms with van der Waals surface area (Å²) in [6.45, 7) is 1.88. The summed E-state index contributed by atoms with van der Waals surface area (Å²) < 4.78 is 0. The van der Waals surface area contributed by atoms with E-state index in [1.54, 1.807) is 0 Å². The van der Waals surface area contributed by atoms with Gasteiger partial charge in [0.15, 0.2) is 0 Å². The first-order valence-electron chi connectivity index (χ1n) is 5.85. The maximum Gasteiger partial charge on any atom is 0.227 e. The average Bonchev–Trinajstić information content (AvgIpc) is 2.70. The number of Topliss-reactive ketones (excluding diaryl/α,β-unsaturated/α-hetero) is 1. The van der Waals surface area contributed by atoms with Crippen LogP contribution in [0.5, 0.6) is 0 Å². The summed E-state index contributed by atoms with van der Waals surface area (Å²) in [6, 6.07) is 7.77. The van der Waals surface area contributed by atoms with E-state index in [1.165, 1.54) is 6.92 Å². The molecule has 0 aliphatic carbocycles. The van der Waals surface area contributed by atoms with E-state index >= 15 is 0 Å². The Morgan fingerprint density at radius 1 is 1.33 bits per heavy atom. The van der Waals surface area contributed by atoms with Crippen LogP contribution in [0, 0.1) is 0 Å². The van der Waals surface area contributed by atoms with Gasteiger partial charge in [0.1, 0.15) is 11.6 Å². The second-order valence-electron chi connectivity index (χ2n) is 4.18. The first kappa shape index (κ1) is 12.3. The molecule has 94 valence electrons. The van der Waals surface area contributed by atoms with Crippen molar-refractivity contribution in [2.45, 2.75) is 19.8 Å². The van der Waals surface area contributed by atoms with Crippen LogP contribution in [0.15, 0.2) is 24.3 Å². The minimum atomic E-state index is -0.237. The van der Waals surface area contributed by atoms with Crippen molar-refractivity contribution in [2.75, 3.05) is 6.54 Å². The zero-order valence-corrected chi connectivity index (χ0v) is 10.2. The SMILES string of the molecule is CC(=O)CC(=O)NCCc1nc2ccccc2[nH]1. The predicted molar refractivity (Wildman–Crippen MR) is 68.1 cm³/mol. The highest BCUT2D eigenvalue weighted by Crippen LogP contribution is 2.10. The van der Waals surface area contributed by atoms with Gasteiger partial charge in [0.2, 0.25) is 5.91 Å². The Hall–Kier alpha value is -2.17. The average molecular weight is 245 g/mol. The Labute approximate surface area is 105 Å². The van der Waals surface area contributed by atoms with Gasteiger partial charge in [-0.3, -0.25) is 9.59 Å². The van der Waals surface area contributed by atoms with E-state index in [9.17, 15) is 9.59 Å². The van der Waals surface area contributed by atoms with Gasteiger partial charge < -0.3 is 10.3 Å². The number of carbonyl (C=O) groups is 2. The predicted octanol–water partition coefficient (Wildman–Crippen LogP) is 1.20. The van der Waals surface area contributed by atoms with Crippen molar-refractivity contribution in [3.63, 3.8) is 0 Å². The number of imidazole rings is 1. The van der Waals surface area contributed by atoms with Crippen LogP contribution in [0.1, 0.15) is 19.2 Å². The summed E-state index contributed by atoms with van der Waals surface area (Å²) in [5.41, 5.74) is 1.91. The molecule has 1 amide bonds. The molecule has 18 heavy (non-hydrogen) atoms. The van der Waals surface area contributed by atoms with Crippen LogP contribution in [0.25, 0.3) is 11.0 Å². The fraction of sp³-hybridized carbons (Fsp3) is 0.308. The van der Waals surface area contributed by atoms with E-state index in [4.69, 9.17) is 0 Å². The Balaban J connectivity index is 1.87. The smallest absolute Gasteiger partial charge is 0.227 e. The molecule has 2 N–H and O–H groups in total. The lowest BCUT2D eigenvalue weighted by Crippen LogP contribution is -2.27. The highest BCUT2D eigenvalue weighted by atomic mass is 16.2. The molecule has 0 unspecified atom stereocenters. The topological polar surface area (TPSA) is 74.8 Å². The number of benzene rings is 1. The normalized spacial score (nSPS) is 10.5. The van der Waals surface area contributed by atoms with Gasteiger partial charge in [-0.2, -0.15) is 0 Å². The van der Waals surface area contributed by atoms with E-state index in [0.29, 0.717) is 13.0 Å². The van der Waals surface area contributed by atoms with Crippen LogP contribution in [0.2, 0.25) is 0 Å². The second-order valence-corrected chi connectivity index (χ2v) is 4.18. The Morgan fingerprint density at radius 2 is 2.11 bits per heavy atom. The summed E-state index contributed by atoms with van der Waals surface area (Å²) in [5.74, 6) is 0.467. The lowest BCUT2D eigenvalue weighted by molar-refractivity contribution is -0.127. The van der Waals surface area contributed by atoms with Gasteiger partial charge in [-0.05, 0) is 19.1 Å². The number of para-hydroxylation sites is 2. The molecular formula is C13H15N3O2. The van der Waals surface area contributed by atoms with Crippen molar-refractivity contribution < 1.29 is 9.59 Å². The maximum atomic E-state index is 11.3.